The number of benzene rings is 1. The molecule has 1 amide bonds. The third-order valence-electron chi connectivity index (χ3n) is 2.59. The second-order valence-electron chi connectivity index (χ2n) is 3.85. The van der Waals surface area contributed by atoms with Gasteiger partial charge in [-0.15, -0.1) is 0 Å². The molecule has 0 aliphatic carbocycles. The Labute approximate surface area is 113 Å². The summed E-state index contributed by atoms with van der Waals surface area (Å²) in [5, 5.41) is 6.00. The summed E-state index contributed by atoms with van der Waals surface area (Å²) in [4.78, 5) is 16.3. The van der Waals surface area contributed by atoms with Gasteiger partial charge < -0.3 is 16.4 Å². The zero-order valence-electron chi connectivity index (χ0n) is 10.5. The first-order valence-corrected chi connectivity index (χ1v) is 6.35. The summed E-state index contributed by atoms with van der Waals surface area (Å²) < 4.78 is 13.4. The first-order valence-electron chi connectivity index (χ1n) is 5.53. The van der Waals surface area contributed by atoms with E-state index < -0.39 is 5.91 Å². The molecule has 2 aromatic rings. The van der Waals surface area contributed by atoms with Gasteiger partial charge in [-0.05, 0) is 19.1 Å². The van der Waals surface area contributed by atoms with Crippen molar-refractivity contribution in [3.8, 4) is 0 Å². The molecule has 5 nitrogen and oxygen atoms in total. The number of nitrogens with one attached hydrogen (secondary N) is 2. The van der Waals surface area contributed by atoms with Gasteiger partial charge in [0.05, 0.1) is 0 Å². The summed E-state index contributed by atoms with van der Waals surface area (Å²) in [5.41, 5.74) is 6.47. The molecule has 0 atom stereocenters. The van der Waals surface area contributed by atoms with Crippen LogP contribution in [0.15, 0.2) is 18.2 Å². The lowest BCUT2D eigenvalue weighted by molar-refractivity contribution is 0.103. The number of carbonyl (C=O) groups is 1. The Balaban J connectivity index is 2.25. The van der Waals surface area contributed by atoms with E-state index in [4.69, 9.17) is 5.73 Å². The van der Waals surface area contributed by atoms with Crippen molar-refractivity contribution in [2.75, 3.05) is 23.4 Å². The van der Waals surface area contributed by atoms with Crippen LogP contribution >= 0.6 is 11.3 Å². The van der Waals surface area contributed by atoms with E-state index in [9.17, 15) is 9.18 Å². The minimum absolute atomic E-state index is 0.154. The Bertz CT molecular complexity index is 626. The number of carbonyl (C=O) groups excluding carboxylic acids is 1. The Morgan fingerprint density at radius 1 is 1.47 bits per heavy atom. The third kappa shape index (κ3) is 2.65. The third-order valence-corrected chi connectivity index (χ3v) is 3.68. The smallest absolute Gasteiger partial charge is 0.269 e. The second-order valence-corrected chi connectivity index (χ2v) is 4.85. The minimum Gasteiger partial charge on any atom is -0.382 e. The van der Waals surface area contributed by atoms with Crippen LogP contribution in [0.5, 0.6) is 0 Å². The molecular formula is C12H13FN4OS. The zero-order valence-corrected chi connectivity index (χ0v) is 11.3. The molecule has 0 unspecified atom stereocenters. The summed E-state index contributed by atoms with van der Waals surface area (Å²) in [5.74, 6) is -0.614. The van der Waals surface area contributed by atoms with Crippen LogP contribution in [-0.2, 0) is 0 Å². The molecule has 0 spiro atoms. The summed E-state index contributed by atoms with van der Waals surface area (Å²) in [6.07, 6.45) is 0. The maximum absolute atomic E-state index is 13.4. The number of nitrogens with two attached hydrogens (primary N) is 1. The van der Waals surface area contributed by atoms with Crippen molar-refractivity contribution in [2.45, 2.75) is 6.92 Å². The van der Waals surface area contributed by atoms with Crippen LogP contribution < -0.4 is 16.4 Å². The van der Waals surface area contributed by atoms with Gasteiger partial charge in [-0.3, -0.25) is 4.79 Å². The maximum atomic E-state index is 13.4. The van der Waals surface area contributed by atoms with E-state index in [0.29, 0.717) is 21.3 Å². The summed E-state index contributed by atoms with van der Waals surface area (Å²) in [7, 11) is 1.69. The topological polar surface area (TPSA) is 80.0 Å². The van der Waals surface area contributed by atoms with Crippen LogP contribution in [0.25, 0.3) is 0 Å². The van der Waals surface area contributed by atoms with Crippen LogP contribution in [0.4, 0.5) is 21.0 Å². The number of halogens is 1. The first-order chi connectivity index (χ1) is 9.02. The number of anilines is 3. The average Bonchev–Trinajstić information content (AvgIpc) is 2.76. The normalized spacial score (nSPS) is 10.3. The number of thiazole rings is 1. The highest BCUT2D eigenvalue weighted by Crippen LogP contribution is 2.26. The molecular weight excluding hydrogens is 267 g/mol. The van der Waals surface area contributed by atoms with Crippen molar-refractivity contribution in [2.24, 2.45) is 0 Å². The lowest BCUT2D eigenvalue weighted by atomic mass is 10.2. The molecule has 0 aliphatic rings. The van der Waals surface area contributed by atoms with Gasteiger partial charge in [-0.2, -0.15) is 0 Å². The predicted octanol–water partition coefficient (Wildman–Crippen LogP) is 2.47. The minimum atomic E-state index is -0.398. The van der Waals surface area contributed by atoms with Crippen LogP contribution in [0, 0.1) is 12.7 Å². The highest BCUT2D eigenvalue weighted by atomic mass is 32.1. The van der Waals surface area contributed by atoms with E-state index in [1.807, 2.05) is 0 Å². The lowest BCUT2D eigenvalue weighted by Crippen LogP contribution is -2.13. The van der Waals surface area contributed by atoms with E-state index in [2.05, 4.69) is 15.6 Å². The van der Waals surface area contributed by atoms with E-state index in [1.54, 1.807) is 20.0 Å². The molecule has 1 heterocycles. The molecule has 7 heteroatoms. The molecule has 19 heavy (non-hydrogen) atoms. The van der Waals surface area contributed by atoms with E-state index in [-0.39, 0.29) is 11.6 Å². The molecule has 0 aliphatic heterocycles. The summed E-state index contributed by atoms with van der Waals surface area (Å²) in [6, 6.07) is 4.50. The number of nitrogens with zero attached hydrogens (tertiary/aromatic N) is 1. The average molecular weight is 280 g/mol. The Hall–Kier alpha value is -2.15. The summed E-state index contributed by atoms with van der Waals surface area (Å²) >= 11 is 1.14. The van der Waals surface area contributed by atoms with Gasteiger partial charge in [0.2, 0.25) is 0 Å². The maximum Gasteiger partial charge on any atom is 0.269 e. The fraction of sp³-hybridized carbons (Fsp3) is 0.167. The Morgan fingerprint density at radius 3 is 2.84 bits per heavy atom. The SMILES string of the molecule is CNc1nc(N)c(C(=O)Nc2cccc(F)c2C)s1. The zero-order chi connectivity index (χ0) is 14.0. The Morgan fingerprint density at radius 2 is 2.21 bits per heavy atom. The van der Waals surface area contributed by atoms with Gasteiger partial charge in [0.1, 0.15) is 16.5 Å². The molecule has 2 rings (SSSR count). The number of rotatable bonds is 3. The van der Waals surface area contributed by atoms with Gasteiger partial charge in [0.15, 0.2) is 5.13 Å². The quantitative estimate of drug-likeness (QED) is 0.807. The first kappa shape index (κ1) is 13.3. The van der Waals surface area contributed by atoms with Crippen LogP contribution in [0.2, 0.25) is 0 Å². The van der Waals surface area contributed by atoms with E-state index in [0.717, 1.165) is 11.3 Å². The van der Waals surface area contributed by atoms with E-state index in [1.165, 1.54) is 12.1 Å². The van der Waals surface area contributed by atoms with Gasteiger partial charge in [0.25, 0.3) is 5.91 Å². The van der Waals surface area contributed by atoms with Crippen molar-refractivity contribution < 1.29 is 9.18 Å². The molecule has 100 valence electrons. The second kappa shape index (κ2) is 5.23. The molecule has 1 aromatic heterocycles. The van der Waals surface area contributed by atoms with Gasteiger partial charge in [-0.25, -0.2) is 9.37 Å². The number of amides is 1. The van der Waals surface area contributed by atoms with Crippen LogP contribution in [-0.4, -0.2) is 17.9 Å². The largest absolute Gasteiger partial charge is 0.382 e. The highest BCUT2D eigenvalue weighted by molar-refractivity contribution is 7.18. The summed E-state index contributed by atoms with van der Waals surface area (Å²) in [6.45, 7) is 1.60. The van der Waals surface area contributed by atoms with Gasteiger partial charge >= 0.3 is 0 Å². The Kier molecular flexibility index (Phi) is 3.66. The van der Waals surface area contributed by atoms with Crippen molar-refractivity contribution in [1.82, 2.24) is 4.98 Å². The van der Waals surface area contributed by atoms with Crippen LogP contribution in [0.3, 0.4) is 0 Å². The monoisotopic (exact) mass is 280 g/mol. The fourth-order valence-corrected chi connectivity index (χ4v) is 2.26. The number of aromatic nitrogens is 1. The van der Waals surface area contributed by atoms with Gasteiger partial charge in [0, 0.05) is 18.3 Å². The number of hydrogen-bond acceptors (Lipinski definition) is 5. The molecule has 0 bridgehead atoms. The molecule has 0 saturated carbocycles. The van der Waals surface area contributed by atoms with Crippen molar-refractivity contribution in [1.29, 1.82) is 0 Å². The van der Waals surface area contributed by atoms with Crippen molar-refractivity contribution >= 4 is 33.9 Å². The van der Waals surface area contributed by atoms with Crippen LogP contribution in [0.1, 0.15) is 15.2 Å². The standard InChI is InChI=1S/C12H13FN4OS/c1-6-7(13)4-3-5-8(6)16-11(18)9-10(14)17-12(15-2)19-9/h3-5H,14H2,1-2H3,(H,15,17)(H,16,18). The number of hydrogen-bond donors (Lipinski definition) is 3. The van der Waals surface area contributed by atoms with Crippen molar-refractivity contribution in [3.05, 3.63) is 34.5 Å². The van der Waals surface area contributed by atoms with Crippen molar-refractivity contribution in [3.63, 3.8) is 0 Å². The molecule has 4 N–H and O–H groups in total. The molecule has 0 fully saturated rings. The predicted molar refractivity (Wildman–Crippen MR) is 75.2 cm³/mol. The fourth-order valence-electron chi connectivity index (χ4n) is 1.52. The lowest BCUT2D eigenvalue weighted by Gasteiger charge is -2.07. The number of nitrogen functional groups attached to an aromatic ring is 1. The highest BCUT2D eigenvalue weighted by Gasteiger charge is 2.17. The molecule has 0 radical (unpaired) electrons. The van der Waals surface area contributed by atoms with E-state index >= 15 is 0 Å². The van der Waals surface area contributed by atoms with Gasteiger partial charge in [-0.1, -0.05) is 17.4 Å². The molecule has 0 saturated heterocycles. The molecule has 1 aromatic carbocycles.